The molecule has 2 aromatic heterocycles. The van der Waals surface area contributed by atoms with Crippen LogP contribution in [0.5, 0.6) is 5.88 Å². The first-order valence-electron chi connectivity index (χ1n) is 9.31. The predicted molar refractivity (Wildman–Crippen MR) is 103 cm³/mol. The van der Waals surface area contributed by atoms with Crippen LogP contribution in [-0.4, -0.2) is 38.2 Å². The second-order valence-corrected chi connectivity index (χ2v) is 7.58. The van der Waals surface area contributed by atoms with Crippen LogP contribution in [0.1, 0.15) is 50.8 Å². The number of nitrogens with one attached hydrogen (secondary N) is 2. The molecular weight excluding hydrogens is 368 g/mol. The first-order valence-corrected chi connectivity index (χ1v) is 9.68. The van der Waals surface area contributed by atoms with E-state index in [1.807, 2.05) is 11.6 Å². The molecule has 0 radical (unpaired) electrons. The van der Waals surface area contributed by atoms with Crippen molar-refractivity contribution in [2.75, 3.05) is 17.2 Å². The lowest BCUT2D eigenvalue weighted by Crippen LogP contribution is -2.20. The minimum absolute atomic E-state index is 0.138. The van der Waals surface area contributed by atoms with Crippen molar-refractivity contribution in [3.05, 3.63) is 16.9 Å². The molecule has 0 aromatic carbocycles. The zero-order chi connectivity index (χ0) is 19.0. The molecule has 0 spiro atoms. The van der Waals surface area contributed by atoms with Gasteiger partial charge in [0.05, 0.1) is 24.5 Å². The molecular formula is C18H23ClN6O2. The highest BCUT2D eigenvalue weighted by atomic mass is 35.5. The Morgan fingerprint density at radius 2 is 2.07 bits per heavy atom. The lowest BCUT2D eigenvalue weighted by Gasteiger charge is -2.22. The average Bonchev–Trinajstić information content (AvgIpc) is 2.93. The Hall–Kier alpha value is -2.35. The summed E-state index contributed by atoms with van der Waals surface area (Å²) in [5.74, 6) is 1.90. The van der Waals surface area contributed by atoms with Crippen molar-refractivity contribution in [1.82, 2.24) is 19.7 Å². The minimum atomic E-state index is 0.138. The molecule has 1 aliphatic carbocycles. The molecule has 1 fully saturated rings. The second kappa shape index (κ2) is 7.34. The van der Waals surface area contributed by atoms with E-state index in [9.17, 15) is 4.79 Å². The van der Waals surface area contributed by atoms with Gasteiger partial charge in [0.1, 0.15) is 16.5 Å². The van der Waals surface area contributed by atoms with E-state index < -0.39 is 0 Å². The van der Waals surface area contributed by atoms with Crippen LogP contribution in [0.2, 0.25) is 5.02 Å². The van der Waals surface area contributed by atoms with Crippen LogP contribution in [0.25, 0.3) is 0 Å². The lowest BCUT2D eigenvalue weighted by molar-refractivity contribution is -0.120. The van der Waals surface area contributed by atoms with Gasteiger partial charge in [0.25, 0.3) is 5.88 Å². The fourth-order valence-electron chi connectivity index (χ4n) is 3.54. The van der Waals surface area contributed by atoms with Crippen LogP contribution in [0.3, 0.4) is 0 Å². The third-order valence-electron chi connectivity index (χ3n) is 5.13. The number of hydrogen-bond donors (Lipinski definition) is 2. The zero-order valence-corrected chi connectivity index (χ0v) is 16.2. The number of rotatable bonds is 1. The van der Waals surface area contributed by atoms with Crippen molar-refractivity contribution in [2.45, 2.75) is 58.0 Å². The summed E-state index contributed by atoms with van der Waals surface area (Å²) in [5, 5.41) is 11.7. The third-order valence-corrected chi connectivity index (χ3v) is 5.41. The van der Waals surface area contributed by atoms with E-state index in [2.05, 4.69) is 27.5 Å². The minimum Gasteiger partial charge on any atom is -0.475 e. The van der Waals surface area contributed by atoms with E-state index in [1.54, 1.807) is 6.20 Å². The molecule has 0 saturated heterocycles. The van der Waals surface area contributed by atoms with E-state index in [1.165, 1.54) is 0 Å². The van der Waals surface area contributed by atoms with Gasteiger partial charge in [-0.3, -0.25) is 9.48 Å². The molecule has 4 rings (SSSR count). The Morgan fingerprint density at radius 3 is 2.85 bits per heavy atom. The standard InChI is InChI=1S/C18H23ClN6O2/c1-10-7-8-27-17-15(22-18-20-9-14(19)16(21-10)23-18)11(2)25(24-17)12-3-5-13(26)6-4-12/h9-10,12H,3-8H2,1-2H3,(H2,20,21,22,23). The van der Waals surface area contributed by atoms with Crippen molar-refractivity contribution in [3.63, 3.8) is 0 Å². The molecule has 2 bridgehead atoms. The number of carbonyl (C=O) groups is 1. The van der Waals surface area contributed by atoms with Crippen LogP contribution in [0.15, 0.2) is 6.20 Å². The summed E-state index contributed by atoms with van der Waals surface area (Å²) in [4.78, 5) is 20.3. The summed E-state index contributed by atoms with van der Waals surface area (Å²) in [6, 6.07) is 0.343. The van der Waals surface area contributed by atoms with Gasteiger partial charge in [0, 0.05) is 25.3 Å². The van der Waals surface area contributed by atoms with Crippen LogP contribution >= 0.6 is 11.6 Å². The SMILES string of the molecule is Cc1c2c(nn1C1CCC(=O)CC1)OCCC(C)Nc1nc(ncc1Cl)N2. The van der Waals surface area contributed by atoms with Gasteiger partial charge in [-0.05, 0) is 26.7 Å². The van der Waals surface area contributed by atoms with Crippen molar-refractivity contribution >= 4 is 34.8 Å². The monoisotopic (exact) mass is 390 g/mol. The molecule has 2 aliphatic rings. The van der Waals surface area contributed by atoms with E-state index in [4.69, 9.17) is 21.4 Å². The molecule has 1 atom stereocenters. The lowest BCUT2D eigenvalue weighted by atomic mass is 9.94. The molecule has 0 amide bonds. The highest BCUT2D eigenvalue weighted by molar-refractivity contribution is 6.32. The van der Waals surface area contributed by atoms with Gasteiger partial charge in [0.15, 0.2) is 5.82 Å². The molecule has 8 nitrogen and oxygen atoms in total. The topological polar surface area (TPSA) is 94.0 Å². The Labute approximate surface area is 162 Å². The third kappa shape index (κ3) is 3.71. The number of aromatic nitrogens is 4. The van der Waals surface area contributed by atoms with Gasteiger partial charge in [-0.15, -0.1) is 5.10 Å². The predicted octanol–water partition coefficient (Wildman–Crippen LogP) is 3.65. The van der Waals surface area contributed by atoms with Gasteiger partial charge in [-0.2, -0.15) is 4.98 Å². The molecule has 144 valence electrons. The fourth-order valence-corrected chi connectivity index (χ4v) is 3.69. The van der Waals surface area contributed by atoms with Crippen LogP contribution < -0.4 is 15.4 Å². The smallest absolute Gasteiger partial charge is 0.257 e. The normalized spacial score (nSPS) is 20.7. The Kier molecular flexibility index (Phi) is 4.90. The van der Waals surface area contributed by atoms with Crippen molar-refractivity contribution in [1.29, 1.82) is 0 Å². The van der Waals surface area contributed by atoms with Crippen LogP contribution in [0.4, 0.5) is 17.5 Å². The van der Waals surface area contributed by atoms with E-state index in [-0.39, 0.29) is 12.1 Å². The van der Waals surface area contributed by atoms with Gasteiger partial charge in [0.2, 0.25) is 5.95 Å². The van der Waals surface area contributed by atoms with Crippen LogP contribution in [0, 0.1) is 6.92 Å². The summed E-state index contributed by atoms with van der Waals surface area (Å²) in [6.45, 7) is 4.57. The highest BCUT2D eigenvalue weighted by Gasteiger charge is 2.26. The Bertz CT molecular complexity index is 858. The molecule has 2 N–H and O–H groups in total. The first-order chi connectivity index (χ1) is 13.0. The summed E-state index contributed by atoms with van der Waals surface area (Å²) >= 11 is 6.21. The maximum Gasteiger partial charge on any atom is 0.257 e. The highest BCUT2D eigenvalue weighted by Crippen LogP contribution is 2.36. The fraction of sp³-hybridized carbons (Fsp3) is 0.556. The van der Waals surface area contributed by atoms with Gasteiger partial charge >= 0.3 is 0 Å². The summed E-state index contributed by atoms with van der Waals surface area (Å²) < 4.78 is 7.96. The first kappa shape index (κ1) is 18.0. The number of nitrogens with zero attached hydrogens (tertiary/aromatic N) is 4. The van der Waals surface area contributed by atoms with Gasteiger partial charge in [-0.25, -0.2) is 4.98 Å². The van der Waals surface area contributed by atoms with E-state index in [0.29, 0.717) is 47.9 Å². The maximum atomic E-state index is 11.6. The van der Waals surface area contributed by atoms with Gasteiger partial charge in [-0.1, -0.05) is 11.6 Å². The van der Waals surface area contributed by atoms with Crippen molar-refractivity contribution in [3.8, 4) is 5.88 Å². The molecule has 1 unspecified atom stereocenters. The van der Waals surface area contributed by atoms with Crippen molar-refractivity contribution in [2.24, 2.45) is 0 Å². The number of Topliss-reactive ketones (excluding diaryl/α,β-unsaturated/α-hetero) is 1. The summed E-state index contributed by atoms with van der Waals surface area (Å²) in [7, 11) is 0. The van der Waals surface area contributed by atoms with E-state index in [0.717, 1.165) is 30.6 Å². The van der Waals surface area contributed by atoms with Crippen molar-refractivity contribution < 1.29 is 9.53 Å². The maximum absolute atomic E-state index is 11.6. The number of anilines is 3. The molecule has 9 heteroatoms. The average molecular weight is 391 g/mol. The molecule has 1 saturated carbocycles. The number of halogens is 1. The number of fused-ring (bicyclic) bond motifs is 3. The molecule has 1 aliphatic heterocycles. The number of hydrogen-bond acceptors (Lipinski definition) is 7. The van der Waals surface area contributed by atoms with E-state index >= 15 is 0 Å². The largest absolute Gasteiger partial charge is 0.475 e. The zero-order valence-electron chi connectivity index (χ0n) is 15.5. The summed E-state index contributed by atoms with van der Waals surface area (Å²) in [6.07, 6.45) is 5.19. The molecule has 2 aromatic rings. The number of carbonyl (C=O) groups excluding carboxylic acids is 1. The summed E-state index contributed by atoms with van der Waals surface area (Å²) in [5.41, 5.74) is 1.71. The van der Waals surface area contributed by atoms with Crippen LogP contribution in [-0.2, 0) is 4.79 Å². The Balaban J connectivity index is 1.70. The van der Waals surface area contributed by atoms with Gasteiger partial charge < -0.3 is 15.4 Å². The number of ketones is 1. The second-order valence-electron chi connectivity index (χ2n) is 7.18. The quantitative estimate of drug-likeness (QED) is 0.767. The molecule has 3 heterocycles. The molecule has 27 heavy (non-hydrogen) atoms. The Morgan fingerprint density at radius 1 is 1.30 bits per heavy atom. The number of ether oxygens (including phenoxy) is 1.